The van der Waals surface area contributed by atoms with Gasteiger partial charge in [-0.1, -0.05) is 44.5 Å². The van der Waals surface area contributed by atoms with Gasteiger partial charge in [-0.05, 0) is 73.7 Å². The van der Waals surface area contributed by atoms with E-state index in [0.29, 0.717) is 62.8 Å². The van der Waals surface area contributed by atoms with Gasteiger partial charge in [-0.15, -0.1) is 0 Å². The minimum atomic E-state index is -0.751. The smallest absolute Gasteiger partial charge is 0.292 e. The number of aryl methyl sites for hydroxylation is 1. The molecule has 2 saturated heterocycles. The number of benzene rings is 2. The average molecular weight is 831 g/mol. The maximum atomic E-state index is 13.8. The van der Waals surface area contributed by atoms with Crippen LogP contribution < -0.4 is 25.6 Å². The van der Waals surface area contributed by atoms with Crippen molar-refractivity contribution in [1.82, 2.24) is 45.6 Å². The summed E-state index contributed by atoms with van der Waals surface area (Å²) in [7, 11) is 0. The molecule has 3 atom stereocenters. The predicted molar refractivity (Wildman–Crippen MR) is 223 cm³/mol. The molecular formula is C44H50N10O7. The van der Waals surface area contributed by atoms with Gasteiger partial charge in [-0.3, -0.25) is 29.3 Å². The normalized spacial score (nSPS) is 19.7. The number of nitrogens with one attached hydrogen (secondary N) is 3. The maximum absolute atomic E-state index is 13.8. The first-order valence-corrected chi connectivity index (χ1v) is 20.8. The first-order valence-electron chi connectivity index (χ1n) is 20.8. The molecule has 17 heteroatoms. The van der Waals surface area contributed by atoms with Gasteiger partial charge in [0.15, 0.2) is 6.10 Å². The van der Waals surface area contributed by atoms with Crippen LogP contribution in [0.3, 0.4) is 0 Å². The van der Waals surface area contributed by atoms with Crippen molar-refractivity contribution in [3.63, 3.8) is 0 Å². The molecule has 1 unspecified atom stereocenters. The van der Waals surface area contributed by atoms with Crippen LogP contribution in [0.4, 0.5) is 5.69 Å². The molecule has 0 bridgehead atoms. The molecule has 3 N–H and O–H groups in total. The number of piperazine rings is 1. The van der Waals surface area contributed by atoms with E-state index in [1.807, 2.05) is 55.4 Å². The quantitative estimate of drug-likeness (QED) is 0.170. The standard InChI is InChI=1S/C44H50N10O7/c1-26-20-28(8-9-30(26)23-45-41(58)38-50-43(61-51-38)44(2,3)4)37-34-22-32(24-54(34)47-25-46-37)52-16-18-53(19-17-52)42(59)29-6-5-7-31(21-29)48-39(56)27-10-12-33(13-11-27)60-35-14-15-36(55)49-40(35)57/h8-13,20,22,24-25,29,31,35H,5-7,14-19,21,23H2,1-4H3,(H,45,58)(H,48,56)(H,49,55,57)/t29-,31+,35?/m1/s1. The lowest BCUT2D eigenvalue weighted by atomic mass is 9.84. The van der Waals surface area contributed by atoms with E-state index in [-0.39, 0.29) is 47.3 Å². The fourth-order valence-corrected chi connectivity index (χ4v) is 8.12. The summed E-state index contributed by atoms with van der Waals surface area (Å²) in [4.78, 5) is 76.3. The molecular weight excluding hydrogens is 781 g/mol. The fourth-order valence-electron chi connectivity index (χ4n) is 8.12. The molecule has 2 aromatic carbocycles. The minimum Gasteiger partial charge on any atom is -0.481 e. The molecule has 5 amide bonds. The third-order valence-corrected chi connectivity index (χ3v) is 11.6. The molecule has 5 aromatic rings. The van der Waals surface area contributed by atoms with E-state index in [9.17, 15) is 24.0 Å². The summed E-state index contributed by atoms with van der Waals surface area (Å²) < 4.78 is 12.8. The largest absolute Gasteiger partial charge is 0.481 e. The molecule has 5 heterocycles. The molecule has 3 aliphatic rings. The number of aromatic nitrogens is 5. The van der Waals surface area contributed by atoms with Crippen LogP contribution in [-0.4, -0.2) is 97.5 Å². The van der Waals surface area contributed by atoms with Crippen LogP contribution in [0.25, 0.3) is 16.8 Å². The van der Waals surface area contributed by atoms with Crippen LogP contribution in [-0.2, 0) is 26.3 Å². The zero-order valence-corrected chi connectivity index (χ0v) is 34.8. The van der Waals surface area contributed by atoms with Gasteiger partial charge >= 0.3 is 0 Å². The highest BCUT2D eigenvalue weighted by Gasteiger charge is 2.33. The molecule has 3 fully saturated rings. The number of nitrogens with zero attached hydrogens (tertiary/aromatic N) is 7. The van der Waals surface area contributed by atoms with Crippen molar-refractivity contribution in [3.8, 4) is 17.0 Å². The van der Waals surface area contributed by atoms with Crippen LogP contribution in [0, 0.1) is 12.8 Å². The van der Waals surface area contributed by atoms with Gasteiger partial charge in [0, 0.05) is 74.1 Å². The number of carbonyl (C=O) groups excluding carboxylic acids is 5. The Morgan fingerprint density at radius 1 is 0.967 bits per heavy atom. The van der Waals surface area contributed by atoms with E-state index in [1.165, 1.54) is 0 Å². The van der Waals surface area contributed by atoms with Crippen LogP contribution in [0.1, 0.15) is 97.3 Å². The van der Waals surface area contributed by atoms with Crippen molar-refractivity contribution < 1.29 is 33.2 Å². The topological polar surface area (TPSA) is 206 Å². The Morgan fingerprint density at radius 2 is 1.75 bits per heavy atom. The van der Waals surface area contributed by atoms with Crippen molar-refractivity contribution in [3.05, 3.63) is 89.5 Å². The number of rotatable bonds is 10. The monoisotopic (exact) mass is 830 g/mol. The van der Waals surface area contributed by atoms with Crippen LogP contribution in [0.5, 0.6) is 5.75 Å². The number of piperidine rings is 1. The third-order valence-electron chi connectivity index (χ3n) is 11.6. The number of imide groups is 1. The zero-order valence-electron chi connectivity index (χ0n) is 34.8. The lowest BCUT2D eigenvalue weighted by Crippen LogP contribution is -2.51. The summed E-state index contributed by atoms with van der Waals surface area (Å²) >= 11 is 0. The van der Waals surface area contributed by atoms with E-state index < -0.39 is 17.9 Å². The average Bonchev–Trinajstić information content (AvgIpc) is 3.94. The van der Waals surface area contributed by atoms with Crippen molar-refractivity contribution in [2.75, 3.05) is 31.1 Å². The van der Waals surface area contributed by atoms with Gasteiger partial charge in [-0.2, -0.15) is 10.1 Å². The summed E-state index contributed by atoms with van der Waals surface area (Å²) in [5.41, 5.74) is 5.59. The third kappa shape index (κ3) is 9.25. The van der Waals surface area contributed by atoms with Gasteiger partial charge in [0.1, 0.15) is 12.1 Å². The SMILES string of the molecule is Cc1cc(-c2ncnn3cc(N4CCN(C(=O)[C@@H]5CCC[C@H](NC(=O)c6ccc(OC7CCC(=O)NC7=O)cc6)C5)CC4)cc23)ccc1CNC(=O)c1noc(C(C)(C)C)n1. The Hall–Kier alpha value is -6.65. The Bertz CT molecular complexity index is 2460. The number of carbonyl (C=O) groups is 5. The Morgan fingerprint density at radius 3 is 2.48 bits per heavy atom. The van der Waals surface area contributed by atoms with E-state index in [0.717, 1.165) is 52.9 Å². The van der Waals surface area contributed by atoms with Crippen LogP contribution in [0.15, 0.2) is 65.6 Å². The van der Waals surface area contributed by atoms with Gasteiger partial charge in [0.2, 0.25) is 17.7 Å². The van der Waals surface area contributed by atoms with Crippen molar-refractivity contribution in [2.24, 2.45) is 5.92 Å². The minimum absolute atomic E-state index is 0.00379. The highest BCUT2D eigenvalue weighted by molar-refractivity contribution is 6.00. The molecule has 1 aliphatic carbocycles. The van der Waals surface area contributed by atoms with Gasteiger partial charge < -0.3 is 29.7 Å². The second kappa shape index (κ2) is 17.1. The molecule has 318 valence electrons. The zero-order chi connectivity index (χ0) is 42.8. The van der Waals surface area contributed by atoms with Crippen LogP contribution >= 0.6 is 0 Å². The molecule has 1 saturated carbocycles. The van der Waals surface area contributed by atoms with E-state index in [4.69, 9.17) is 9.26 Å². The van der Waals surface area contributed by atoms with E-state index in [1.54, 1.807) is 30.6 Å². The Kier molecular flexibility index (Phi) is 11.6. The highest BCUT2D eigenvalue weighted by Crippen LogP contribution is 2.31. The number of hydrogen-bond acceptors (Lipinski definition) is 12. The number of amides is 5. The van der Waals surface area contributed by atoms with Gasteiger partial charge in [0.25, 0.3) is 23.5 Å². The van der Waals surface area contributed by atoms with Gasteiger partial charge in [-0.25, -0.2) is 9.50 Å². The Labute approximate surface area is 352 Å². The molecule has 2 aliphatic heterocycles. The summed E-state index contributed by atoms with van der Waals surface area (Å²) in [5.74, 6) is -0.589. The summed E-state index contributed by atoms with van der Waals surface area (Å²) in [6, 6.07) is 14.6. The van der Waals surface area contributed by atoms with Crippen molar-refractivity contribution in [1.29, 1.82) is 0 Å². The second-order valence-electron chi connectivity index (χ2n) is 17.1. The molecule has 61 heavy (non-hydrogen) atoms. The van der Waals surface area contributed by atoms with E-state index in [2.05, 4.69) is 53.2 Å². The molecule has 8 rings (SSSR count). The molecule has 0 spiro atoms. The second-order valence-corrected chi connectivity index (χ2v) is 17.1. The first-order chi connectivity index (χ1) is 29.3. The summed E-state index contributed by atoms with van der Waals surface area (Å²) in [6.45, 7) is 10.6. The number of hydrogen-bond donors (Lipinski definition) is 3. The Balaban J connectivity index is 0.832. The maximum Gasteiger partial charge on any atom is 0.292 e. The molecule has 0 radical (unpaired) electrons. The number of fused-ring (bicyclic) bond motifs is 1. The predicted octanol–water partition coefficient (Wildman–Crippen LogP) is 4.14. The van der Waals surface area contributed by atoms with Crippen LogP contribution in [0.2, 0.25) is 0 Å². The number of ether oxygens (including phenoxy) is 1. The fraction of sp³-hybridized carbons (Fsp3) is 0.432. The van der Waals surface area contributed by atoms with Gasteiger partial charge in [0.05, 0.1) is 23.1 Å². The molecule has 3 aromatic heterocycles. The summed E-state index contributed by atoms with van der Waals surface area (Å²) in [5, 5.41) is 16.6. The highest BCUT2D eigenvalue weighted by atomic mass is 16.5. The lowest BCUT2D eigenvalue weighted by Gasteiger charge is -2.38. The number of anilines is 1. The molecule has 17 nitrogen and oxygen atoms in total. The van der Waals surface area contributed by atoms with Crippen molar-refractivity contribution in [2.45, 2.75) is 90.3 Å². The lowest BCUT2D eigenvalue weighted by molar-refractivity contribution is -0.139. The van der Waals surface area contributed by atoms with E-state index >= 15 is 0 Å². The summed E-state index contributed by atoms with van der Waals surface area (Å²) in [6.07, 6.45) is 6.33. The van der Waals surface area contributed by atoms with Crippen molar-refractivity contribution >= 4 is 40.7 Å². The first kappa shape index (κ1) is 41.1.